The summed E-state index contributed by atoms with van der Waals surface area (Å²) in [5.41, 5.74) is -0.190. The Bertz CT molecular complexity index is 1680. The number of cyclic esters (lactones) is 1. The number of alkyl halides is 3. The number of sulfonamides is 1. The number of hydrogen-bond acceptors (Lipinski definition) is 10. The highest BCUT2D eigenvalue weighted by molar-refractivity contribution is 7.91. The highest BCUT2D eigenvalue weighted by Gasteiger charge is 2.62. The number of carbonyl (C=O) groups excluding carboxylic acids is 5. The smallest absolute Gasteiger partial charge is 0.430 e. The molecule has 5 atom stereocenters. The molecule has 4 bridgehead atoms. The molecule has 1 saturated heterocycles. The van der Waals surface area contributed by atoms with Crippen molar-refractivity contribution in [2.75, 3.05) is 13.2 Å². The Hall–Kier alpha value is -4.06. The molecule has 18 heteroatoms. The van der Waals surface area contributed by atoms with Crippen molar-refractivity contribution in [2.24, 2.45) is 17.3 Å². The van der Waals surface area contributed by atoms with Gasteiger partial charge in [0, 0.05) is 37.4 Å². The fourth-order valence-electron chi connectivity index (χ4n) is 6.41. The van der Waals surface area contributed by atoms with Gasteiger partial charge in [-0.3, -0.25) is 23.9 Å². The van der Waals surface area contributed by atoms with Crippen LogP contribution in [-0.4, -0.2) is 85.2 Å². The van der Waals surface area contributed by atoms with Crippen LogP contribution in [0.15, 0.2) is 30.9 Å². The number of aromatic nitrogens is 1. The SMILES string of the molecule is C=C[C@@H]1C[C@]1(NC(=O)[C@@H]1C[C@@H]2CN1C(=O)[C@H](C(C)(C)C)CC(=O)OCCCCCc1cccc([nH+]1)CO2)C(=O)NS(=O)(=O)C1CC1.O=C([O-])C(F)(F)F. The summed E-state index contributed by atoms with van der Waals surface area (Å²) in [7, 11) is -3.85. The predicted octanol–water partition coefficient (Wildman–Crippen LogP) is 1.28. The molecular weight excluding hydrogens is 725 g/mol. The first-order chi connectivity index (χ1) is 24.7. The molecule has 0 aromatic carbocycles. The van der Waals surface area contributed by atoms with Gasteiger partial charge in [-0.25, -0.2) is 13.4 Å². The number of fused-ring (bicyclic) bond motifs is 4. The van der Waals surface area contributed by atoms with Crippen molar-refractivity contribution in [3.8, 4) is 0 Å². The Balaban J connectivity index is 0.000000815. The third-order valence-electron chi connectivity index (χ3n) is 9.79. The molecule has 2 saturated carbocycles. The molecule has 2 aliphatic carbocycles. The first kappa shape index (κ1) is 41.7. The van der Waals surface area contributed by atoms with Crippen LogP contribution in [0.3, 0.4) is 0 Å². The average Bonchev–Trinajstić information content (AvgIpc) is 3.99. The lowest BCUT2D eigenvalue weighted by atomic mass is 9.77. The van der Waals surface area contributed by atoms with Crippen LogP contribution in [0.25, 0.3) is 0 Å². The zero-order valence-corrected chi connectivity index (χ0v) is 30.8. The van der Waals surface area contributed by atoms with E-state index in [1.165, 1.54) is 11.0 Å². The van der Waals surface area contributed by atoms with Crippen molar-refractivity contribution in [3.05, 3.63) is 42.2 Å². The van der Waals surface area contributed by atoms with Gasteiger partial charge in [0.25, 0.3) is 5.91 Å². The van der Waals surface area contributed by atoms with E-state index < -0.39 is 80.1 Å². The van der Waals surface area contributed by atoms with Crippen molar-refractivity contribution in [1.82, 2.24) is 14.9 Å². The van der Waals surface area contributed by atoms with E-state index in [4.69, 9.17) is 19.4 Å². The van der Waals surface area contributed by atoms with Crippen molar-refractivity contribution >= 4 is 39.7 Å². The summed E-state index contributed by atoms with van der Waals surface area (Å²) in [6, 6.07) is 4.89. The number of H-pyrrole nitrogens is 1. The van der Waals surface area contributed by atoms with E-state index in [9.17, 15) is 40.8 Å². The summed E-state index contributed by atoms with van der Waals surface area (Å²) in [6.45, 7) is 9.99. The second-order valence-corrected chi connectivity index (χ2v) is 17.0. The van der Waals surface area contributed by atoms with E-state index in [1.807, 2.05) is 39.0 Å². The number of aromatic amines is 1. The van der Waals surface area contributed by atoms with E-state index in [2.05, 4.69) is 21.6 Å². The molecule has 2 aliphatic heterocycles. The number of nitrogens with zero attached hydrogens (tertiary/aromatic N) is 1. The van der Waals surface area contributed by atoms with Crippen LogP contribution in [0.2, 0.25) is 0 Å². The number of amides is 3. The van der Waals surface area contributed by atoms with Crippen molar-refractivity contribution in [3.63, 3.8) is 0 Å². The molecule has 3 amide bonds. The topological polar surface area (TPSA) is 202 Å². The minimum absolute atomic E-state index is 0.110. The highest BCUT2D eigenvalue weighted by Crippen LogP contribution is 2.45. The second-order valence-electron chi connectivity index (χ2n) is 15.0. The number of rotatable bonds is 6. The number of hydrogen-bond donors (Lipinski definition) is 2. The Morgan fingerprint density at radius 1 is 1.09 bits per heavy atom. The zero-order chi connectivity index (χ0) is 39.4. The van der Waals surface area contributed by atoms with Gasteiger partial charge in [0.1, 0.15) is 24.2 Å². The Kier molecular flexibility index (Phi) is 13.0. The number of nitrogens with one attached hydrogen (secondary N) is 3. The molecule has 3 heterocycles. The second kappa shape index (κ2) is 16.5. The van der Waals surface area contributed by atoms with Gasteiger partial charge in [-0.15, -0.1) is 6.58 Å². The standard InChI is InChI=1S/C33H46N4O8S.C2HF3O2/c1-5-21-18-33(21,31(41)36-46(42,43)25-13-14-25)35-29(39)27-16-24-19-37(27)30(40)26(32(2,3)4)17-28(38)44-15-8-6-7-10-22-11-9-12-23(34-22)20-45-24;3-2(4,5)1(6)7/h5,9,11-12,21,24-27H,1,6-8,10,13-20H2,2-4H3,(H,35,39)(H,36,41);(H,6,7)/t21-,24-,26-,27+,33-;/m1./s1. The van der Waals surface area contributed by atoms with Gasteiger partial charge in [-0.2, -0.15) is 13.2 Å². The van der Waals surface area contributed by atoms with Crippen LogP contribution >= 0.6 is 0 Å². The maximum absolute atomic E-state index is 14.3. The number of halogens is 3. The Labute approximate surface area is 306 Å². The van der Waals surface area contributed by atoms with Crippen LogP contribution in [0.1, 0.15) is 83.5 Å². The summed E-state index contributed by atoms with van der Waals surface area (Å²) in [5.74, 6) is -6.49. The summed E-state index contributed by atoms with van der Waals surface area (Å²) in [4.78, 5) is 68.2. The molecule has 53 heavy (non-hydrogen) atoms. The first-order valence-electron chi connectivity index (χ1n) is 17.5. The fourth-order valence-corrected chi connectivity index (χ4v) is 7.77. The molecule has 294 valence electrons. The number of pyridine rings is 1. The van der Waals surface area contributed by atoms with Crippen molar-refractivity contribution in [2.45, 2.75) is 114 Å². The number of carboxylic acids is 1. The van der Waals surface area contributed by atoms with Gasteiger partial charge in [0.05, 0.1) is 30.3 Å². The molecule has 1 aromatic heterocycles. The molecule has 1 aromatic rings. The largest absolute Gasteiger partial charge is 0.542 e. The quantitative estimate of drug-likeness (QED) is 0.313. The number of aliphatic carboxylic acids is 1. The maximum Gasteiger partial charge on any atom is 0.430 e. The number of aryl methyl sites for hydroxylation is 1. The lowest BCUT2D eigenvalue weighted by molar-refractivity contribution is -0.408. The zero-order valence-electron chi connectivity index (χ0n) is 30.0. The van der Waals surface area contributed by atoms with Gasteiger partial charge < -0.3 is 29.6 Å². The highest BCUT2D eigenvalue weighted by atomic mass is 32.2. The van der Waals surface area contributed by atoms with Gasteiger partial charge in [-0.1, -0.05) is 26.8 Å². The number of carbonyl (C=O) groups is 5. The van der Waals surface area contributed by atoms with E-state index in [0.29, 0.717) is 19.3 Å². The summed E-state index contributed by atoms with van der Waals surface area (Å²) >= 11 is 0. The summed E-state index contributed by atoms with van der Waals surface area (Å²) in [5, 5.41) is 11.0. The summed E-state index contributed by atoms with van der Waals surface area (Å²) < 4.78 is 70.6. The predicted molar refractivity (Wildman–Crippen MR) is 178 cm³/mol. The average molecular weight is 773 g/mol. The van der Waals surface area contributed by atoms with Crippen LogP contribution in [0.5, 0.6) is 0 Å². The molecule has 14 nitrogen and oxygen atoms in total. The number of ether oxygens (including phenoxy) is 2. The molecular formula is C35H47F3N4O10S. The monoisotopic (exact) mass is 772 g/mol. The molecule has 5 rings (SSSR count). The lowest BCUT2D eigenvalue weighted by Crippen LogP contribution is -2.57. The normalized spacial score (nSPS) is 27.2. The molecule has 0 radical (unpaired) electrons. The Morgan fingerprint density at radius 3 is 2.34 bits per heavy atom. The van der Waals surface area contributed by atoms with Gasteiger partial charge in [0.15, 0.2) is 5.69 Å². The van der Waals surface area contributed by atoms with E-state index in [0.717, 1.165) is 30.7 Å². The fraction of sp³-hybridized carbons (Fsp3) is 0.657. The van der Waals surface area contributed by atoms with Crippen LogP contribution < -0.4 is 20.1 Å². The van der Waals surface area contributed by atoms with Crippen molar-refractivity contribution in [1.29, 1.82) is 0 Å². The van der Waals surface area contributed by atoms with Crippen LogP contribution in [0.4, 0.5) is 13.2 Å². The van der Waals surface area contributed by atoms with Gasteiger partial charge in [0.2, 0.25) is 27.5 Å². The molecule has 3 N–H and O–H groups in total. The Morgan fingerprint density at radius 2 is 1.75 bits per heavy atom. The minimum Gasteiger partial charge on any atom is -0.542 e. The lowest BCUT2D eigenvalue weighted by Gasteiger charge is -2.35. The van der Waals surface area contributed by atoms with Crippen LogP contribution in [-0.2, 0) is 56.5 Å². The molecule has 0 spiro atoms. The molecule has 0 unspecified atom stereocenters. The van der Waals surface area contributed by atoms with E-state index >= 15 is 0 Å². The van der Waals surface area contributed by atoms with E-state index in [-0.39, 0.29) is 44.9 Å². The third-order valence-corrected chi connectivity index (χ3v) is 11.6. The minimum atomic E-state index is -5.19. The maximum atomic E-state index is 14.3. The van der Waals surface area contributed by atoms with E-state index in [1.54, 1.807) is 0 Å². The number of carboxylic acid groups (broad SMARTS) is 1. The third kappa shape index (κ3) is 11.0. The number of esters is 1. The molecule has 3 fully saturated rings. The summed E-state index contributed by atoms with van der Waals surface area (Å²) in [6.07, 6.45) is 0.370. The van der Waals surface area contributed by atoms with Gasteiger partial charge >= 0.3 is 12.1 Å². The van der Waals surface area contributed by atoms with Crippen molar-refractivity contribution < 1.29 is 65.1 Å². The first-order valence-corrected chi connectivity index (χ1v) is 19.1. The molecule has 4 aliphatic rings. The van der Waals surface area contributed by atoms with Crippen LogP contribution in [0, 0.1) is 17.3 Å². The van der Waals surface area contributed by atoms with Gasteiger partial charge in [-0.05, 0) is 50.0 Å².